The van der Waals surface area contributed by atoms with Crippen molar-refractivity contribution in [1.29, 1.82) is 0 Å². The van der Waals surface area contributed by atoms with Crippen LogP contribution in [0.15, 0.2) is 24.3 Å². The van der Waals surface area contributed by atoms with E-state index in [1.54, 1.807) is 7.11 Å². The van der Waals surface area contributed by atoms with Crippen LogP contribution in [0.3, 0.4) is 0 Å². The van der Waals surface area contributed by atoms with E-state index in [0.717, 1.165) is 30.6 Å². The van der Waals surface area contributed by atoms with E-state index in [1.807, 2.05) is 12.1 Å². The molecule has 4 nitrogen and oxygen atoms in total. The molecule has 106 valence electrons. The quantitative estimate of drug-likeness (QED) is 0.916. The van der Waals surface area contributed by atoms with Gasteiger partial charge in [0.25, 0.3) is 0 Å². The maximum Gasteiger partial charge on any atom is 0.244 e. The summed E-state index contributed by atoms with van der Waals surface area (Å²) in [6, 6.07) is 8.47. The molecule has 1 saturated heterocycles. The third-order valence-corrected chi connectivity index (χ3v) is 4.94. The fourth-order valence-corrected chi connectivity index (χ4v) is 3.30. The summed E-state index contributed by atoms with van der Waals surface area (Å²) in [7, 11) is 1.67. The number of carbonyl (C=O) groups excluding carboxylic acids is 1. The van der Waals surface area contributed by atoms with E-state index in [2.05, 4.69) is 29.3 Å². The van der Waals surface area contributed by atoms with Gasteiger partial charge in [-0.15, -0.1) is 0 Å². The Morgan fingerprint density at radius 3 is 2.45 bits per heavy atom. The van der Waals surface area contributed by atoms with Gasteiger partial charge in [-0.05, 0) is 42.9 Å². The SMILES string of the molecule is COc1ccc(C2NC3(CC3)C(=O)N2C2CC2C)cc1. The monoisotopic (exact) mass is 272 g/mol. The molecule has 3 fully saturated rings. The van der Waals surface area contributed by atoms with Crippen LogP contribution in [0, 0.1) is 5.92 Å². The predicted octanol–water partition coefficient (Wildman–Crippen LogP) is 2.07. The summed E-state index contributed by atoms with van der Waals surface area (Å²) in [6.07, 6.45) is 3.13. The maximum atomic E-state index is 12.7. The lowest BCUT2D eigenvalue weighted by atomic mass is 10.1. The first-order valence-electron chi connectivity index (χ1n) is 7.39. The zero-order valence-corrected chi connectivity index (χ0v) is 11.9. The van der Waals surface area contributed by atoms with Gasteiger partial charge < -0.3 is 9.64 Å². The highest BCUT2D eigenvalue weighted by atomic mass is 16.5. The molecule has 0 bridgehead atoms. The number of ether oxygens (including phenoxy) is 1. The molecular formula is C16H20N2O2. The lowest BCUT2D eigenvalue weighted by Crippen LogP contribution is -2.34. The first-order valence-corrected chi connectivity index (χ1v) is 7.39. The van der Waals surface area contributed by atoms with Crippen molar-refractivity contribution in [3.05, 3.63) is 29.8 Å². The number of nitrogens with one attached hydrogen (secondary N) is 1. The van der Waals surface area contributed by atoms with Gasteiger partial charge in [0.2, 0.25) is 5.91 Å². The second kappa shape index (κ2) is 3.98. The van der Waals surface area contributed by atoms with Crippen molar-refractivity contribution < 1.29 is 9.53 Å². The maximum absolute atomic E-state index is 12.7. The van der Waals surface area contributed by atoms with Gasteiger partial charge >= 0.3 is 0 Å². The molecule has 1 aromatic carbocycles. The van der Waals surface area contributed by atoms with Gasteiger partial charge in [-0.25, -0.2) is 0 Å². The van der Waals surface area contributed by atoms with Gasteiger partial charge in [0.1, 0.15) is 17.5 Å². The molecule has 2 aliphatic carbocycles. The molecule has 20 heavy (non-hydrogen) atoms. The van der Waals surface area contributed by atoms with Gasteiger partial charge in [-0.2, -0.15) is 0 Å². The molecule has 1 heterocycles. The van der Waals surface area contributed by atoms with Crippen LogP contribution in [-0.4, -0.2) is 29.5 Å². The van der Waals surface area contributed by atoms with E-state index in [0.29, 0.717) is 17.9 Å². The van der Waals surface area contributed by atoms with Crippen molar-refractivity contribution >= 4 is 5.91 Å². The summed E-state index contributed by atoms with van der Waals surface area (Å²) in [6.45, 7) is 2.22. The average molecular weight is 272 g/mol. The Bertz CT molecular complexity index is 550. The van der Waals surface area contributed by atoms with Crippen LogP contribution in [-0.2, 0) is 4.79 Å². The summed E-state index contributed by atoms with van der Waals surface area (Å²) in [4.78, 5) is 14.8. The van der Waals surface area contributed by atoms with Crippen molar-refractivity contribution in [3.63, 3.8) is 0 Å². The average Bonchev–Trinajstić information content (AvgIpc) is 3.36. The largest absolute Gasteiger partial charge is 0.497 e. The zero-order chi connectivity index (χ0) is 13.9. The van der Waals surface area contributed by atoms with Crippen LogP contribution < -0.4 is 10.1 Å². The number of hydrogen-bond acceptors (Lipinski definition) is 3. The molecule has 1 aromatic rings. The smallest absolute Gasteiger partial charge is 0.244 e. The van der Waals surface area contributed by atoms with Gasteiger partial charge in [0.05, 0.1) is 7.11 Å². The molecule has 0 radical (unpaired) electrons. The molecule has 4 rings (SSSR count). The van der Waals surface area contributed by atoms with E-state index in [9.17, 15) is 4.79 Å². The third kappa shape index (κ3) is 1.67. The van der Waals surface area contributed by atoms with Crippen LogP contribution in [0.4, 0.5) is 0 Å². The van der Waals surface area contributed by atoms with Crippen LogP contribution in [0.25, 0.3) is 0 Å². The Hall–Kier alpha value is -1.55. The first-order chi connectivity index (χ1) is 9.64. The number of carbonyl (C=O) groups is 1. The number of benzene rings is 1. The van der Waals surface area contributed by atoms with Crippen LogP contribution >= 0.6 is 0 Å². The summed E-state index contributed by atoms with van der Waals surface area (Å²) in [5, 5.41) is 3.57. The van der Waals surface area contributed by atoms with E-state index in [-0.39, 0.29) is 11.7 Å². The Balaban J connectivity index is 1.66. The minimum Gasteiger partial charge on any atom is -0.497 e. The molecule has 3 atom stereocenters. The Kier molecular flexibility index (Phi) is 2.43. The fraction of sp³-hybridized carbons (Fsp3) is 0.562. The molecule has 0 aromatic heterocycles. The van der Waals surface area contributed by atoms with Crippen molar-refractivity contribution in [2.75, 3.05) is 7.11 Å². The highest BCUT2D eigenvalue weighted by Crippen LogP contribution is 2.51. The second-order valence-electron chi connectivity index (χ2n) is 6.39. The van der Waals surface area contributed by atoms with E-state index < -0.39 is 0 Å². The van der Waals surface area contributed by atoms with E-state index in [4.69, 9.17) is 4.74 Å². The van der Waals surface area contributed by atoms with E-state index in [1.165, 1.54) is 0 Å². The summed E-state index contributed by atoms with van der Waals surface area (Å²) >= 11 is 0. The minimum absolute atomic E-state index is 0.0332. The normalized spacial score (nSPS) is 33.6. The summed E-state index contributed by atoms with van der Waals surface area (Å²) in [5.74, 6) is 1.80. The van der Waals surface area contributed by atoms with Gasteiger partial charge in [0, 0.05) is 6.04 Å². The zero-order valence-electron chi connectivity index (χ0n) is 11.9. The number of methoxy groups -OCH3 is 1. The van der Waals surface area contributed by atoms with Crippen LogP contribution in [0.1, 0.15) is 37.9 Å². The number of rotatable bonds is 3. The van der Waals surface area contributed by atoms with Gasteiger partial charge in [-0.1, -0.05) is 19.1 Å². The number of nitrogens with zero attached hydrogens (tertiary/aromatic N) is 1. The highest BCUT2D eigenvalue weighted by molar-refractivity contribution is 5.92. The predicted molar refractivity (Wildman–Crippen MR) is 75.3 cm³/mol. The molecule has 1 N–H and O–H groups in total. The van der Waals surface area contributed by atoms with Crippen LogP contribution in [0.5, 0.6) is 5.75 Å². The molecule has 1 aliphatic heterocycles. The Morgan fingerprint density at radius 2 is 1.95 bits per heavy atom. The fourth-order valence-electron chi connectivity index (χ4n) is 3.30. The summed E-state index contributed by atoms with van der Waals surface area (Å²) in [5.41, 5.74) is 0.912. The molecule has 3 aliphatic rings. The first kappa shape index (κ1) is 12.2. The molecular weight excluding hydrogens is 252 g/mol. The van der Waals surface area contributed by atoms with E-state index >= 15 is 0 Å². The highest BCUT2D eigenvalue weighted by Gasteiger charge is 2.62. The topological polar surface area (TPSA) is 41.6 Å². The Morgan fingerprint density at radius 1 is 1.30 bits per heavy atom. The molecule has 1 amide bonds. The number of amides is 1. The standard InChI is InChI=1S/C16H20N2O2/c1-10-9-13(10)18-14(17-16(7-8-16)15(18)19)11-3-5-12(20-2)6-4-11/h3-6,10,13-14,17H,7-9H2,1-2H3. The lowest BCUT2D eigenvalue weighted by Gasteiger charge is -2.25. The van der Waals surface area contributed by atoms with Crippen molar-refractivity contribution in [1.82, 2.24) is 10.2 Å². The molecule has 4 heteroatoms. The molecule has 1 spiro atoms. The Labute approximate surface area is 119 Å². The van der Waals surface area contributed by atoms with Crippen molar-refractivity contribution in [3.8, 4) is 5.75 Å². The second-order valence-corrected chi connectivity index (χ2v) is 6.39. The van der Waals surface area contributed by atoms with Crippen molar-refractivity contribution in [2.45, 2.75) is 43.9 Å². The van der Waals surface area contributed by atoms with Gasteiger partial charge in [-0.3, -0.25) is 10.1 Å². The molecule has 2 saturated carbocycles. The minimum atomic E-state index is -0.243. The van der Waals surface area contributed by atoms with Crippen molar-refractivity contribution in [2.24, 2.45) is 5.92 Å². The molecule has 3 unspecified atom stereocenters. The van der Waals surface area contributed by atoms with Gasteiger partial charge in [0.15, 0.2) is 0 Å². The van der Waals surface area contributed by atoms with Crippen LogP contribution in [0.2, 0.25) is 0 Å². The summed E-state index contributed by atoms with van der Waals surface area (Å²) < 4.78 is 5.21. The number of hydrogen-bond donors (Lipinski definition) is 1. The lowest BCUT2D eigenvalue weighted by molar-refractivity contribution is -0.131. The third-order valence-electron chi connectivity index (χ3n) is 4.94.